The van der Waals surface area contributed by atoms with E-state index in [1.165, 1.54) is 110 Å². The summed E-state index contributed by atoms with van der Waals surface area (Å²) in [6, 6.07) is 110. The molecule has 1 nitrogen and oxygen atoms in total. The van der Waals surface area contributed by atoms with Crippen LogP contribution >= 0.6 is 0 Å². The molecule has 0 bridgehead atoms. The summed E-state index contributed by atoms with van der Waals surface area (Å²) in [5.74, 6) is 0. The number of hydrogen-bond donors (Lipinski definition) is 0. The zero-order chi connectivity index (χ0) is 49.0. The molecule has 0 saturated carbocycles. The van der Waals surface area contributed by atoms with E-state index >= 15 is 0 Å². The average Bonchev–Trinajstić information content (AvgIpc) is 3.80. The zero-order valence-corrected chi connectivity index (χ0v) is 40.7. The summed E-state index contributed by atoms with van der Waals surface area (Å²) in [6.07, 6.45) is 0. The van der Waals surface area contributed by atoms with Gasteiger partial charge in [-0.15, -0.1) is 0 Å². The molecule has 0 radical (unpaired) electrons. The number of anilines is 3. The summed E-state index contributed by atoms with van der Waals surface area (Å²) in [4.78, 5) is 2.46. The largest absolute Gasteiger partial charge is 0.309 e. The smallest absolute Gasteiger partial charge is 0.0719 e. The molecule has 0 spiro atoms. The summed E-state index contributed by atoms with van der Waals surface area (Å²) in [5.41, 5.74) is 20.1. The topological polar surface area (TPSA) is 3.24 Å². The third kappa shape index (κ3) is 6.93. The van der Waals surface area contributed by atoms with Crippen LogP contribution in [0.15, 0.2) is 297 Å². The van der Waals surface area contributed by atoms with Crippen molar-refractivity contribution in [1.82, 2.24) is 0 Å². The van der Waals surface area contributed by atoms with Crippen LogP contribution in [0.4, 0.5) is 17.1 Å². The van der Waals surface area contributed by atoms with Crippen LogP contribution in [0.1, 0.15) is 22.3 Å². The second-order valence-electron chi connectivity index (χ2n) is 19.5. The maximum Gasteiger partial charge on any atom is 0.0719 e. The molecule has 0 fully saturated rings. The normalized spacial score (nSPS) is 12.4. The highest BCUT2D eigenvalue weighted by Gasteiger charge is 2.47. The molecule has 13 aromatic carbocycles. The first-order valence-electron chi connectivity index (χ1n) is 25.7. The van der Waals surface area contributed by atoms with Crippen LogP contribution in [0, 0.1) is 0 Å². The summed E-state index contributed by atoms with van der Waals surface area (Å²) >= 11 is 0. The first kappa shape index (κ1) is 43.2. The van der Waals surface area contributed by atoms with Crippen molar-refractivity contribution in [3.05, 3.63) is 320 Å². The molecule has 1 heteroatoms. The van der Waals surface area contributed by atoms with Gasteiger partial charge in [-0.2, -0.15) is 0 Å². The predicted octanol–water partition coefficient (Wildman–Crippen LogP) is 19.6. The van der Waals surface area contributed by atoms with Crippen LogP contribution in [-0.2, 0) is 5.41 Å². The maximum absolute atomic E-state index is 2.48. The predicted molar refractivity (Wildman–Crippen MR) is 313 cm³/mol. The first-order chi connectivity index (χ1) is 36.7. The third-order valence-corrected chi connectivity index (χ3v) is 15.5. The SMILES string of the molecule is c1ccc(-c2ccc3c(-c4ccc(N(c5ccccc5)c5ccc(-c6ccccc6)c6ccccc56)c5ccccc45)cc(-c4cccc5c4C(c4ccccc4)(c4ccccc4)c4ccccc4-5)cc3c2)cc1. The van der Waals surface area contributed by atoms with Crippen molar-refractivity contribution < 1.29 is 0 Å². The van der Waals surface area contributed by atoms with E-state index in [4.69, 9.17) is 0 Å². The van der Waals surface area contributed by atoms with Gasteiger partial charge in [-0.1, -0.05) is 255 Å². The lowest BCUT2D eigenvalue weighted by molar-refractivity contribution is 0.770. The monoisotopic (exact) mass is 939 g/mol. The number of fused-ring (bicyclic) bond motifs is 6. The summed E-state index contributed by atoms with van der Waals surface area (Å²) < 4.78 is 0. The minimum absolute atomic E-state index is 0.565. The summed E-state index contributed by atoms with van der Waals surface area (Å²) in [7, 11) is 0. The molecule has 14 rings (SSSR count). The number of benzene rings is 13. The van der Waals surface area contributed by atoms with Gasteiger partial charge in [0.25, 0.3) is 0 Å². The fraction of sp³-hybridized carbons (Fsp3) is 0.0137. The van der Waals surface area contributed by atoms with Crippen molar-refractivity contribution in [2.45, 2.75) is 5.41 Å². The highest BCUT2D eigenvalue weighted by atomic mass is 15.1. The lowest BCUT2D eigenvalue weighted by atomic mass is 9.66. The Morgan fingerprint density at radius 2 is 0.730 bits per heavy atom. The van der Waals surface area contributed by atoms with Crippen LogP contribution < -0.4 is 4.90 Å². The van der Waals surface area contributed by atoms with Gasteiger partial charge in [-0.25, -0.2) is 0 Å². The molecule has 0 aliphatic heterocycles. The van der Waals surface area contributed by atoms with Crippen molar-refractivity contribution in [3.63, 3.8) is 0 Å². The van der Waals surface area contributed by atoms with Gasteiger partial charge in [0, 0.05) is 16.5 Å². The van der Waals surface area contributed by atoms with E-state index in [-0.39, 0.29) is 0 Å². The molecule has 0 unspecified atom stereocenters. The number of hydrogen-bond acceptors (Lipinski definition) is 1. The fourth-order valence-electron chi connectivity index (χ4n) is 12.3. The van der Waals surface area contributed by atoms with Crippen LogP contribution in [-0.4, -0.2) is 0 Å². The molecule has 0 amide bonds. The van der Waals surface area contributed by atoms with Gasteiger partial charge in [0.15, 0.2) is 0 Å². The van der Waals surface area contributed by atoms with Crippen LogP contribution in [0.3, 0.4) is 0 Å². The first-order valence-corrected chi connectivity index (χ1v) is 25.7. The van der Waals surface area contributed by atoms with Crippen molar-refractivity contribution in [1.29, 1.82) is 0 Å². The van der Waals surface area contributed by atoms with Crippen LogP contribution in [0.25, 0.3) is 88.0 Å². The Labute approximate surface area is 432 Å². The second kappa shape index (κ2) is 17.9. The molecule has 0 saturated heterocycles. The number of para-hydroxylation sites is 1. The van der Waals surface area contributed by atoms with Gasteiger partial charge >= 0.3 is 0 Å². The molecule has 0 atom stereocenters. The molecule has 0 N–H and O–H groups in total. The van der Waals surface area contributed by atoms with Gasteiger partial charge in [-0.3, -0.25) is 0 Å². The highest BCUT2D eigenvalue weighted by molar-refractivity contribution is 6.14. The quantitative estimate of drug-likeness (QED) is 0.139. The molecule has 13 aromatic rings. The molecule has 0 heterocycles. The number of rotatable bonds is 9. The van der Waals surface area contributed by atoms with E-state index in [1.54, 1.807) is 0 Å². The lowest BCUT2D eigenvalue weighted by Crippen LogP contribution is -2.29. The van der Waals surface area contributed by atoms with Gasteiger partial charge in [0.1, 0.15) is 0 Å². The van der Waals surface area contributed by atoms with Crippen molar-refractivity contribution in [2.75, 3.05) is 4.90 Å². The van der Waals surface area contributed by atoms with Gasteiger partial charge in [0.2, 0.25) is 0 Å². The van der Waals surface area contributed by atoms with E-state index in [2.05, 4.69) is 302 Å². The Morgan fingerprint density at radius 3 is 1.38 bits per heavy atom. The summed E-state index contributed by atoms with van der Waals surface area (Å²) in [6.45, 7) is 0. The minimum atomic E-state index is -0.565. The van der Waals surface area contributed by atoms with Crippen molar-refractivity contribution >= 4 is 49.4 Å². The molecule has 1 aliphatic rings. The number of nitrogens with zero attached hydrogens (tertiary/aromatic N) is 1. The summed E-state index contributed by atoms with van der Waals surface area (Å²) in [5, 5.41) is 7.18. The zero-order valence-electron chi connectivity index (χ0n) is 40.7. The Balaban J connectivity index is 1.03. The molecular formula is C73H49N. The van der Waals surface area contributed by atoms with E-state index in [9.17, 15) is 0 Å². The van der Waals surface area contributed by atoms with Gasteiger partial charge in [-0.05, 0) is 142 Å². The standard InChI is InChI=1S/C73H49N/c1-6-23-50(24-7-1)52-41-42-59-53(47-52)48-54(60-38-22-39-67-64-35-20-21-40-69(64)73(72(60)67,55-27-10-3-11-28-55)56-29-12-4-13-30-56)49-68(59)63-44-46-71(66-37-19-17-34-62(63)66)74(57-31-14-5-15-32-57)70-45-43-58(51-25-8-2-9-26-51)61-33-16-18-36-65(61)70/h1-49H. The molecule has 0 aromatic heterocycles. The van der Waals surface area contributed by atoms with Crippen LogP contribution in [0.2, 0.25) is 0 Å². The Morgan fingerprint density at radius 1 is 0.243 bits per heavy atom. The van der Waals surface area contributed by atoms with E-state index in [1.807, 2.05) is 0 Å². The van der Waals surface area contributed by atoms with Gasteiger partial charge < -0.3 is 4.90 Å². The van der Waals surface area contributed by atoms with Crippen molar-refractivity contribution in [3.8, 4) is 55.6 Å². The minimum Gasteiger partial charge on any atom is -0.309 e. The highest BCUT2D eigenvalue weighted by Crippen LogP contribution is 2.59. The molecule has 346 valence electrons. The Bertz CT molecular complexity index is 4180. The average molecular weight is 940 g/mol. The van der Waals surface area contributed by atoms with Crippen molar-refractivity contribution in [2.24, 2.45) is 0 Å². The molecule has 74 heavy (non-hydrogen) atoms. The van der Waals surface area contributed by atoms with Gasteiger partial charge in [0.05, 0.1) is 16.8 Å². The molecular weight excluding hydrogens is 891 g/mol. The molecule has 1 aliphatic carbocycles. The van der Waals surface area contributed by atoms with E-state index in [0.717, 1.165) is 17.1 Å². The second-order valence-corrected chi connectivity index (χ2v) is 19.5. The third-order valence-electron chi connectivity index (χ3n) is 15.5. The Hall–Kier alpha value is -9.56. The lowest BCUT2D eigenvalue weighted by Gasteiger charge is -2.35. The fourth-order valence-corrected chi connectivity index (χ4v) is 12.3. The Kier molecular flexibility index (Phi) is 10.5. The van der Waals surface area contributed by atoms with E-state index < -0.39 is 5.41 Å². The maximum atomic E-state index is 2.48. The van der Waals surface area contributed by atoms with E-state index in [0.29, 0.717) is 0 Å². The van der Waals surface area contributed by atoms with Crippen LogP contribution in [0.5, 0.6) is 0 Å².